The molecule has 0 saturated carbocycles. The lowest BCUT2D eigenvalue weighted by Gasteiger charge is -2.37. The molecule has 3 heterocycles. The summed E-state index contributed by atoms with van der Waals surface area (Å²) in [6, 6.07) is 16.0. The highest BCUT2D eigenvalue weighted by Crippen LogP contribution is 2.44. The average molecular weight is 420 g/mol. The van der Waals surface area contributed by atoms with Gasteiger partial charge in [0.1, 0.15) is 11.8 Å². The van der Waals surface area contributed by atoms with E-state index in [9.17, 15) is 4.79 Å². The molecule has 1 amide bonds. The zero-order chi connectivity index (χ0) is 20.8. The quantitative estimate of drug-likeness (QED) is 0.622. The summed E-state index contributed by atoms with van der Waals surface area (Å²) in [4.78, 5) is 21.0. The van der Waals surface area contributed by atoms with Crippen LogP contribution in [0.5, 0.6) is 5.75 Å². The average Bonchev–Trinajstić information content (AvgIpc) is 3.26. The lowest BCUT2D eigenvalue weighted by Crippen LogP contribution is -2.44. The predicted molar refractivity (Wildman–Crippen MR) is 122 cm³/mol. The molecule has 5 rings (SSSR count). The van der Waals surface area contributed by atoms with E-state index < -0.39 is 0 Å². The molecule has 2 aliphatic heterocycles. The highest BCUT2D eigenvalue weighted by molar-refractivity contribution is 7.80. The summed E-state index contributed by atoms with van der Waals surface area (Å²) in [5, 5.41) is 1.83. The Bertz CT molecular complexity index is 1120. The number of nitrogens with zero attached hydrogens (tertiary/aromatic N) is 2. The smallest absolute Gasteiger partial charge is 0.251 e. The van der Waals surface area contributed by atoms with Gasteiger partial charge in [0.2, 0.25) is 0 Å². The summed E-state index contributed by atoms with van der Waals surface area (Å²) in [6.07, 6.45) is 2.66. The van der Waals surface area contributed by atoms with Gasteiger partial charge >= 0.3 is 0 Å². The monoisotopic (exact) mass is 419 g/mol. The van der Waals surface area contributed by atoms with Gasteiger partial charge in [-0.1, -0.05) is 43.7 Å². The van der Waals surface area contributed by atoms with Crippen LogP contribution in [0.25, 0.3) is 10.9 Å². The number of rotatable bonds is 5. The second-order valence-electron chi connectivity index (χ2n) is 7.99. The van der Waals surface area contributed by atoms with Crippen LogP contribution in [0.4, 0.5) is 0 Å². The molecule has 0 bridgehead atoms. The van der Waals surface area contributed by atoms with Gasteiger partial charge in [-0.2, -0.15) is 0 Å². The Balaban J connectivity index is 1.66. The van der Waals surface area contributed by atoms with Crippen molar-refractivity contribution in [2.45, 2.75) is 38.3 Å². The molecule has 2 aliphatic rings. The largest absolute Gasteiger partial charge is 0.497 e. The van der Waals surface area contributed by atoms with Gasteiger partial charge in [-0.25, -0.2) is 0 Å². The van der Waals surface area contributed by atoms with Crippen LogP contribution in [0.15, 0.2) is 48.5 Å². The molecular weight excluding hydrogens is 394 g/mol. The van der Waals surface area contributed by atoms with E-state index in [4.69, 9.17) is 17.0 Å². The number of fused-ring (bicyclic) bond motifs is 4. The third-order valence-electron chi connectivity index (χ3n) is 6.30. The number of aromatic nitrogens is 1. The zero-order valence-electron chi connectivity index (χ0n) is 17.2. The number of unbranched alkanes of at least 4 members (excludes halogenated alkanes) is 1. The highest BCUT2D eigenvalue weighted by Gasteiger charge is 2.50. The topological polar surface area (TPSA) is 48.6 Å². The molecule has 6 heteroatoms. The van der Waals surface area contributed by atoms with E-state index in [0.717, 1.165) is 35.4 Å². The minimum Gasteiger partial charge on any atom is -0.497 e. The number of para-hydroxylation sites is 1. The third kappa shape index (κ3) is 2.82. The molecule has 0 aliphatic carbocycles. The normalized spacial score (nSPS) is 20.6. The van der Waals surface area contributed by atoms with Crippen molar-refractivity contribution in [3.63, 3.8) is 0 Å². The second-order valence-corrected chi connectivity index (χ2v) is 8.36. The first-order valence-electron chi connectivity index (χ1n) is 10.5. The Morgan fingerprint density at radius 2 is 1.93 bits per heavy atom. The molecular formula is C24H25N3O2S. The Labute approximate surface area is 181 Å². The molecule has 0 unspecified atom stereocenters. The maximum absolute atomic E-state index is 13.4. The van der Waals surface area contributed by atoms with Gasteiger partial charge < -0.3 is 14.6 Å². The molecule has 1 fully saturated rings. The van der Waals surface area contributed by atoms with Gasteiger partial charge in [0.25, 0.3) is 5.91 Å². The van der Waals surface area contributed by atoms with Crippen LogP contribution in [0.1, 0.15) is 42.6 Å². The van der Waals surface area contributed by atoms with Crippen molar-refractivity contribution in [1.29, 1.82) is 0 Å². The van der Waals surface area contributed by atoms with Crippen molar-refractivity contribution in [3.8, 4) is 5.75 Å². The number of benzene rings is 2. The Hall–Kier alpha value is -2.86. The molecule has 5 nitrogen and oxygen atoms in total. The summed E-state index contributed by atoms with van der Waals surface area (Å²) in [7, 11) is 1.67. The van der Waals surface area contributed by atoms with E-state index in [0.29, 0.717) is 18.1 Å². The summed E-state index contributed by atoms with van der Waals surface area (Å²) >= 11 is 5.86. The van der Waals surface area contributed by atoms with Crippen LogP contribution in [-0.2, 0) is 11.2 Å². The number of amides is 1. The number of hydrogen-bond acceptors (Lipinski definition) is 3. The van der Waals surface area contributed by atoms with Crippen molar-refractivity contribution in [3.05, 3.63) is 65.4 Å². The van der Waals surface area contributed by atoms with Gasteiger partial charge in [-0.15, -0.1) is 0 Å². The maximum Gasteiger partial charge on any atom is 0.251 e. The third-order valence-corrected chi connectivity index (χ3v) is 6.73. The summed E-state index contributed by atoms with van der Waals surface area (Å²) in [5.74, 6) is 0.940. The van der Waals surface area contributed by atoms with E-state index in [2.05, 4.69) is 47.1 Å². The molecule has 0 radical (unpaired) electrons. The van der Waals surface area contributed by atoms with E-state index >= 15 is 0 Å². The van der Waals surface area contributed by atoms with Crippen molar-refractivity contribution >= 4 is 34.1 Å². The Morgan fingerprint density at radius 3 is 2.67 bits per heavy atom. The molecule has 3 aromatic rings. The molecule has 1 aromatic heterocycles. The van der Waals surface area contributed by atoms with Gasteiger partial charge in [0, 0.05) is 29.6 Å². The van der Waals surface area contributed by atoms with Crippen LogP contribution >= 0.6 is 12.2 Å². The first-order chi connectivity index (χ1) is 14.6. The number of H-pyrrole nitrogens is 1. The van der Waals surface area contributed by atoms with E-state index in [1.165, 1.54) is 10.9 Å². The maximum atomic E-state index is 13.4. The SMILES string of the molecule is CCCCN1C(=O)[C@H]2Cc3c([nH]c4ccccc34)[C@@H](c3ccc(OC)cc3)N2C1=S. The minimum atomic E-state index is -0.256. The number of carbonyl (C=O) groups excluding carboxylic acids is 1. The number of methoxy groups -OCH3 is 1. The van der Waals surface area contributed by atoms with Gasteiger partial charge in [0.15, 0.2) is 5.11 Å². The van der Waals surface area contributed by atoms with E-state index in [1.54, 1.807) is 7.11 Å². The fourth-order valence-electron chi connectivity index (χ4n) is 4.78. The van der Waals surface area contributed by atoms with Crippen LogP contribution in [-0.4, -0.2) is 45.5 Å². The Morgan fingerprint density at radius 1 is 1.17 bits per heavy atom. The van der Waals surface area contributed by atoms with E-state index in [-0.39, 0.29) is 18.0 Å². The van der Waals surface area contributed by atoms with Crippen molar-refractivity contribution < 1.29 is 9.53 Å². The molecule has 0 spiro atoms. The van der Waals surface area contributed by atoms with Crippen molar-refractivity contribution in [1.82, 2.24) is 14.8 Å². The molecule has 154 valence electrons. The second kappa shape index (κ2) is 7.43. The number of carbonyl (C=O) groups is 1. The molecule has 30 heavy (non-hydrogen) atoms. The number of nitrogens with one attached hydrogen (secondary N) is 1. The zero-order valence-corrected chi connectivity index (χ0v) is 18.0. The Kier molecular flexibility index (Phi) is 4.74. The number of ether oxygens (including phenoxy) is 1. The summed E-state index contributed by atoms with van der Waals surface area (Å²) in [5.41, 5.74) is 4.55. The van der Waals surface area contributed by atoms with Gasteiger partial charge in [-0.3, -0.25) is 9.69 Å². The fraction of sp³-hybridized carbons (Fsp3) is 0.333. The van der Waals surface area contributed by atoms with Crippen LogP contribution < -0.4 is 4.74 Å². The van der Waals surface area contributed by atoms with Crippen molar-refractivity contribution in [2.24, 2.45) is 0 Å². The predicted octanol–water partition coefficient (Wildman–Crippen LogP) is 4.42. The molecule has 1 saturated heterocycles. The lowest BCUT2D eigenvalue weighted by molar-refractivity contribution is -0.128. The fourth-order valence-corrected chi connectivity index (χ4v) is 5.20. The van der Waals surface area contributed by atoms with Crippen LogP contribution in [0.3, 0.4) is 0 Å². The van der Waals surface area contributed by atoms with Crippen LogP contribution in [0.2, 0.25) is 0 Å². The van der Waals surface area contributed by atoms with Crippen molar-refractivity contribution in [2.75, 3.05) is 13.7 Å². The molecule has 2 atom stereocenters. The number of thiocarbonyl (C=S) groups is 1. The standard InChI is InChI=1S/C24H25N3O2S/c1-3-4-13-26-23(28)20-14-18-17-7-5-6-8-19(17)25-21(18)22(27(20)24(26)30)15-9-11-16(29-2)12-10-15/h5-12,20,22,25H,3-4,13-14H2,1-2H3/t20-,22-/m1/s1. The lowest BCUT2D eigenvalue weighted by atomic mass is 9.89. The highest BCUT2D eigenvalue weighted by atomic mass is 32.1. The first kappa shape index (κ1) is 19.1. The van der Waals surface area contributed by atoms with E-state index in [1.807, 2.05) is 23.1 Å². The minimum absolute atomic E-state index is 0.125. The van der Waals surface area contributed by atoms with Gasteiger partial charge in [-0.05, 0) is 48.0 Å². The van der Waals surface area contributed by atoms with Gasteiger partial charge in [0.05, 0.1) is 13.2 Å². The summed E-state index contributed by atoms with van der Waals surface area (Å²) < 4.78 is 5.35. The first-order valence-corrected chi connectivity index (χ1v) is 10.9. The number of hydrogen-bond donors (Lipinski definition) is 1. The summed E-state index contributed by atoms with van der Waals surface area (Å²) in [6.45, 7) is 2.82. The molecule has 1 N–H and O–H groups in total. The molecule has 2 aromatic carbocycles. The number of aromatic amines is 1. The van der Waals surface area contributed by atoms with Crippen LogP contribution in [0, 0.1) is 0 Å².